The van der Waals surface area contributed by atoms with Crippen molar-refractivity contribution in [1.29, 1.82) is 0 Å². The Morgan fingerprint density at radius 2 is 2.14 bits per heavy atom. The number of hydrogen-bond acceptors (Lipinski definition) is 4. The average molecular weight is 311 g/mol. The third-order valence-corrected chi connectivity index (χ3v) is 4.14. The number of carbonyl (C=O) groups excluding carboxylic acids is 1. The van der Waals surface area contributed by atoms with Crippen LogP contribution in [0.1, 0.15) is 31.9 Å². The van der Waals surface area contributed by atoms with Crippen molar-refractivity contribution < 1.29 is 9.53 Å². The van der Waals surface area contributed by atoms with E-state index in [0.29, 0.717) is 13.2 Å². The van der Waals surface area contributed by atoms with E-state index in [1.807, 2.05) is 31.2 Å². The van der Waals surface area contributed by atoms with Crippen LogP contribution in [0.4, 0.5) is 0 Å². The van der Waals surface area contributed by atoms with Gasteiger partial charge >= 0.3 is 5.97 Å². The summed E-state index contributed by atoms with van der Waals surface area (Å²) in [5, 5.41) is 4.01. The number of esters is 1. The molecule has 0 aromatic heterocycles. The molecule has 1 aliphatic rings. The van der Waals surface area contributed by atoms with Crippen molar-refractivity contribution in [2.45, 2.75) is 32.4 Å². The molecule has 0 aliphatic carbocycles. The van der Waals surface area contributed by atoms with Crippen molar-refractivity contribution >= 4 is 17.6 Å². The zero-order chi connectivity index (χ0) is 15.2. The Hall–Kier alpha value is -1.10. The van der Waals surface area contributed by atoms with Gasteiger partial charge in [-0.15, -0.1) is 0 Å². The van der Waals surface area contributed by atoms with E-state index < -0.39 is 0 Å². The van der Waals surface area contributed by atoms with Crippen LogP contribution in [0.5, 0.6) is 0 Å². The highest BCUT2D eigenvalue weighted by molar-refractivity contribution is 6.30. The summed E-state index contributed by atoms with van der Waals surface area (Å²) in [6.45, 7) is 6.77. The van der Waals surface area contributed by atoms with Gasteiger partial charge < -0.3 is 10.1 Å². The van der Waals surface area contributed by atoms with E-state index in [4.69, 9.17) is 16.3 Å². The Kier molecular flexibility index (Phi) is 6.03. The van der Waals surface area contributed by atoms with Crippen LogP contribution >= 0.6 is 11.6 Å². The first-order valence-corrected chi connectivity index (χ1v) is 7.93. The van der Waals surface area contributed by atoms with Gasteiger partial charge in [-0.2, -0.15) is 0 Å². The van der Waals surface area contributed by atoms with Gasteiger partial charge in [-0.1, -0.05) is 30.7 Å². The molecule has 0 radical (unpaired) electrons. The molecule has 21 heavy (non-hydrogen) atoms. The predicted molar refractivity (Wildman–Crippen MR) is 84.5 cm³/mol. The number of nitrogens with zero attached hydrogens (tertiary/aromatic N) is 1. The number of halogens is 1. The third kappa shape index (κ3) is 3.96. The SMILES string of the molecule is CCOC(=O)C1CNCCN1C(CC)c1ccc(Cl)cc1. The van der Waals surface area contributed by atoms with E-state index in [-0.39, 0.29) is 18.1 Å². The van der Waals surface area contributed by atoms with Gasteiger partial charge in [0, 0.05) is 30.7 Å². The van der Waals surface area contributed by atoms with Crippen LogP contribution in [-0.4, -0.2) is 43.2 Å². The molecular weight excluding hydrogens is 288 g/mol. The summed E-state index contributed by atoms with van der Waals surface area (Å²) in [5.74, 6) is -0.142. The fraction of sp³-hybridized carbons (Fsp3) is 0.562. The first-order chi connectivity index (χ1) is 10.2. The van der Waals surface area contributed by atoms with Crippen LogP contribution < -0.4 is 5.32 Å². The molecule has 116 valence electrons. The normalized spacial score (nSPS) is 21.0. The van der Waals surface area contributed by atoms with Gasteiger partial charge in [0.05, 0.1) is 6.61 Å². The lowest BCUT2D eigenvalue weighted by atomic mass is 9.99. The highest BCUT2D eigenvalue weighted by Crippen LogP contribution is 2.28. The predicted octanol–water partition coefficient (Wildman–Crippen LogP) is 2.63. The average Bonchev–Trinajstić information content (AvgIpc) is 2.50. The molecule has 5 heteroatoms. The fourth-order valence-electron chi connectivity index (χ4n) is 2.90. The lowest BCUT2D eigenvalue weighted by Crippen LogP contribution is -2.56. The van der Waals surface area contributed by atoms with Crippen molar-refractivity contribution in [3.8, 4) is 0 Å². The molecule has 0 amide bonds. The van der Waals surface area contributed by atoms with Gasteiger partial charge in [-0.05, 0) is 31.0 Å². The molecule has 1 N–H and O–H groups in total. The minimum absolute atomic E-state index is 0.142. The van der Waals surface area contributed by atoms with Gasteiger partial charge in [0.1, 0.15) is 6.04 Å². The quantitative estimate of drug-likeness (QED) is 0.849. The van der Waals surface area contributed by atoms with Crippen LogP contribution in [-0.2, 0) is 9.53 Å². The standard InChI is InChI=1S/C16H23ClN2O2/c1-3-14(12-5-7-13(17)8-6-12)19-10-9-18-11-15(19)16(20)21-4-2/h5-8,14-15,18H,3-4,9-11H2,1-2H3. The van der Waals surface area contributed by atoms with Gasteiger partial charge in [-0.25, -0.2) is 0 Å². The molecule has 0 bridgehead atoms. The van der Waals surface area contributed by atoms with E-state index in [1.54, 1.807) is 0 Å². The molecule has 1 fully saturated rings. The van der Waals surface area contributed by atoms with Crippen molar-refractivity contribution in [1.82, 2.24) is 10.2 Å². The second-order valence-corrected chi connectivity index (χ2v) is 5.62. The first-order valence-electron chi connectivity index (χ1n) is 7.56. The second-order valence-electron chi connectivity index (χ2n) is 5.19. The Labute approximate surface area is 131 Å². The summed E-state index contributed by atoms with van der Waals surface area (Å²) in [6.07, 6.45) is 0.942. The molecule has 2 atom stereocenters. The monoisotopic (exact) mass is 310 g/mol. The Bertz CT molecular complexity index is 464. The number of hydrogen-bond donors (Lipinski definition) is 1. The summed E-state index contributed by atoms with van der Waals surface area (Å²) in [4.78, 5) is 14.4. The van der Waals surface area contributed by atoms with Gasteiger partial charge in [0.25, 0.3) is 0 Å². The minimum Gasteiger partial charge on any atom is -0.465 e. The Morgan fingerprint density at radius 3 is 2.76 bits per heavy atom. The van der Waals surface area contributed by atoms with Crippen LogP contribution in [0.3, 0.4) is 0 Å². The highest BCUT2D eigenvalue weighted by atomic mass is 35.5. The number of carbonyl (C=O) groups is 1. The van der Waals surface area contributed by atoms with Crippen molar-refractivity contribution in [2.24, 2.45) is 0 Å². The topological polar surface area (TPSA) is 41.6 Å². The van der Waals surface area contributed by atoms with Crippen LogP contribution in [0.15, 0.2) is 24.3 Å². The first kappa shape index (κ1) is 16.3. The van der Waals surface area contributed by atoms with Crippen molar-refractivity contribution in [2.75, 3.05) is 26.2 Å². The smallest absolute Gasteiger partial charge is 0.324 e. The van der Waals surface area contributed by atoms with Crippen LogP contribution in [0.2, 0.25) is 5.02 Å². The summed E-state index contributed by atoms with van der Waals surface area (Å²) >= 11 is 5.97. The number of piperazine rings is 1. The van der Waals surface area contributed by atoms with E-state index in [9.17, 15) is 4.79 Å². The molecule has 1 aromatic rings. The molecule has 1 aliphatic heterocycles. The molecule has 1 aromatic carbocycles. The highest BCUT2D eigenvalue weighted by Gasteiger charge is 2.34. The molecule has 1 heterocycles. The largest absolute Gasteiger partial charge is 0.465 e. The van der Waals surface area contributed by atoms with Crippen molar-refractivity contribution in [3.05, 3.63) is 34.9 Å². The summed E-state index contributed by atoms with van der Waals surface area (Å²) < 4.78 is 5.22. The Morgan fingerprint density at radius 1 is 1.43 bits per heavy atom. The molecule has 1 saturated heterocycles. The molecule has 2 unspecified atom stereocenters. The van der Waals surface area contributed by atoms with E-state index in [2.05, 4.69) is 17.1 Å². The second kappa shape index (κ2) is 7.78. The van der Waals surface area contributed by atoms with Crippen LogP contribution in [0, 0.1) is 0 Å². The fourth-order valence-corrected chi connectivity index (χ4v) is 3.02. The van der Waals surface area contributed by atoms with E-state index in [0.717, 1.165) is 24.5 Å². The molecule has 0 saturated carbocycles. The maximum Gasteiger partial charge on any atom is 0.324 e. The zero-order valence-electron chi connectivity index (χ0n) is 12.6. The lowest BCUT2D eigenvalue weighted by Gasteiger charge is -2.40. The van der Waals surface area contributed by atoms with E-state index >= 15 is 0 Å². The number of rotatable bonds is 5. The molecule has 2 rings (SSSR count). The zero-order valence-corrected chi connectivity index (χ0v) is 13.4. The maximum absolute atomic E-state index is 12.2. The molecular formula is C16H23ClN2O2. The van der Waals surface area contributed by atoms with Crippen LogP contribution in [0.25, 0.3) is 0 Å². The van der Waals surface area contributed by atoms with Gasteiger partial charge in [0.15, 0.2) is 0 Å². The van der Waals surface area contributed by atoms with Gasteiger partial charge in [0.2, 0.25) is 0 Å². The Balaban J connectivity index is 2.20. The van der Waals surface area contributed by atoms with Crippen molar-refractivity contribution in [3.63, 3.8) is 0 Å². The minimum atomic E-state index is -0.223. The summed E-state index contributed by atoms with van der Waals surface area (Å²) in [6, 6.07) is 7.88. The number of benzene rings is 1. The maximum atomic E-state index is 12.2. The number of ether oxygens (including phenoxy) is 1. The molecule has 0 spiro atoms. The lowest BCUT2D eigenvalue weighted by molar-refractivity contribution is -0.151. The number of nitrogens with one attached hydrogen (secondary N) is 1. The molecule has 4 nitrogen and oxygen atoms in total. The van der Waals surface area contributed by atoms with E-state index in [1.165, 1.54) is 5.56 Å². The summed E-state index contributed by atoms with van der Waals surface area (Å²) in [7, 11) is 0. The third-order valence-electron chi connectivity index (χ3n) is 3.89. The van der Waals surface area contributed by atoms with Gasteiger partial charge in [-0.3, -0.25) is 9.69 Å². The summed E-state index contributed by atoms with van der Waals surface area (Å²) in [5.41, 5.74) is 1.19.